The Morgan fingerprint density at radius 2 is 2.20 bits per heavy atom. The van der Waals surface area contributed by atoms with Crippen molar-refractivity contribution in [1.29, 1.82) is 0 Å². The van der Waals surface area contributed by atoms with E-state index in [2.05, 4.69) is 16.9 Å². The maximum Gasteiger partial charge on any atom is 0.275 e. The highest BCUT2D eigenvalue weighted by atomic mass is 19.1. The van der Waals surface area contributed by atoms with Crippen LogP contribution in [-0.4, -0.2) is 53.9 Å². The van der Waals surface area contributed by atoms with Crippen molar-refractivity contribution in [3.63, 3.8) is 0 Å². The van der Waals surface area contributed by atoms with Crippen molar-refractivity contribution >= 4 is 5.91 Å². The van der Waals surface area contributed by atoms with Crippen LogP contribution in [0.25, 0.3) is 0 Å². The van der Waals surface area contributed by atoms with Gasteiger partial charge in [-0.05, 0) is 50.7 Å². The van der Waals surface area contributed by atoms with Gasteiger partial charge < -0.3 is 19.0 Å². The molecule has 0 spiro atoms. The summed E-state index contributed by atoms with van der Waals surface area (Å²) in [6, 6.07) is 6.07. The van der Waals surface area contributed by atoms with Gasteiger partial charge in [-0.3, -0.25) is 4.79 Å². The third-order valence-corrected chi connectivity index (χ3v) is 4.45. The highest BCUT2D eigenvalue weighted by molar-refractivity contribution is 5.91. The van der Waals surface area contributed by atoms with Crippen molar-refractivity contribution in [3.8, 4) is 5.75 Å². The Kier molecular flexibility index (Phi) is 5.33. The maximum atomic E-state index is 12.9. The van der Waals surface area contributed by atoms with Gasteiger partial charge in [0.15, 0.2) is 12.3 Å². The van der Waals surface area contributed by atoms with E-state index in [0.29, 0.717) is 24.2 Å². The lowest BCUT2D eigenvalue weighted by molar-refractivity contribution is 0.0755. The molecule has 134 valence electrons. The van der Waals surface area contributed by atoms with Crippen LogP contribution in [0.15, 0.2) is 34.9 Å². The molecular formula is C18H22FN3O3. The molecule has 0 saturated carbocycles. The van der Waals surface area contributed by atoms with Gasteiger partial charge in [-0.1, -0.05) is 0 Å². The summed E-state index contributed by atoms with van der Waals surface area (Å²) in [5, 5.41) is 0. The minimum absolute atomic E-state index is 0.0774. The Hall–Kier alpha value is -2.41. The highest BCUT2D eigenvalue weighted by Crippen LogP contribution is 2.17. The fourth-order valence-corrected chi connectivity index (χ4v) is 2.96. The molecule has 1 aliphatic rings. The number of amides is 1. The quantitative estimate of drug-likeness (QED) is 0.804. The number of oxazole rings is 1. The van der Waals surface area contributed by atoms with Gasteiger partial charge in [0, 0.05) is 19.6 Å². The van der Waals surface area contributed by atoms with Gasteiger partial charge in [0.1, 0.15) is 17.8 Å². The lowest BCUT2D eigenvalue weighted by Gasteiger charge is -2.25. The molecule has 1 unspecified atom stereocenters. The lowest BCUT2D eigenvalue weighted by Crippen LogP contribution is -2.39. The first-order valence-electron chi connectivity index (χ1n) is 8.31. The van der Waals surface area contributed by atoms with Gasteiger partial charge in [0.2, 0.25) is 5.89 Å². The molecule has 1 atom stereocenters. The summed E-state index contributed by atoms with van der Waals surface area (Å²) in [5.74, 6) is 0.317. The molecule has 0 bridgehead atoms. The minimum atomic E-state index is -0.327. The summed E-state index contributed by atoms with van der Waals surface area (Å²) in [6.07, 6.45) is 3.61. The van der Waals surface area contributed by atoms with Crippen LogP contribution >= 0.6 is 0 Å². The zero-order valence-corrected chi connectivity index (χ0v) is 14.4. The van der Waals surface area contributed by atoms with Crippen LogP contribution in [0.1, 0.15) is 29.2 Å². The van der Waals surface area contributed by atoms with Crippen LogP contribution in [0, 0.1) is 5.82 Å². The molecular weight excluding hydrogens is 325 g/mol. The zero-order chi connectivity index (χ0) is 17.8. The van der Waals surface area contributed by atoms with E-state index in [-0.39, 0.29) is 24.0 Å². The predicted molar refractivity (Wildman–Crippen MR) is 89.8 cm³/mol. The zero-order valence-electron chi connectivity index (χ0n) is 14.4. The molecule has 0 radical (unpaired) electrons. The number of rotatable bonds is 6. The topological polar surface area (TPSA) is 58.8 Å². The summed E-state index contributed by atoms with van der Waals surface area (Å²) >= 11 is 0. The summed E-state index contributed by atoms with van der Waals surface area (Å²) < 4.78 is 23.6. The van der Waals surface area contributed by atoms with Crippen molar-refractivity contribution in [2.45, 2.75) is 25.5 Å². The lowest BCUT2D eigenvalue weighted by atomic mass is 10.2. The van der Waals surface area contributed by atoms with Crippen molar-refractivity contribution in [2.75, 3.05) is 27.2 Å². The Balaban J connectivity index is 1.54. The summed E-state index contributed by atoms with van der Waals surface area (Å²) in [4.78, 5) is 20.6. The SMILES string of the molecule is CN(CC1CCCN1C)C(=O)c1coc(COc2ccc(F)cc2)n1. The van der Waals surface area contributed by atoms with Crippen molar-refractivity contribution in [2.24, 2.45) is 0 Å². The average Bonchev–Trinajstić information content (AvgIpc) is 3.23. The number of likely N-dealkylation sites (tertiary alicyclic amines) is 1. The van der Waals surface area contributed by atoms with E-state index in [9.17, 15) is 9.18 Å². The highest BCUT2D eigenvalue weighted by Gasteiger charge is 2.25. The molecule has 0 aliphatic carbocycles. The molecule has 3 rings (SSSR count). The van der Waals surface area contributed by atoms with E-state index >= 15 is 0 Å². The first-order valence-corrected chi connectivity index (χ1v) is 8.31. The fraction of sp³-hybridized carbons (Fsp3) is 0.444. The normalized spacial score (nSPS) is 17.6. The molecule has 7 heteroatoms. The van der Waals surface area contributed by atoms with Crippen LogP contribution in [0.4, 0.5) is 4.39 Å². The number of benzene rings is 1. The standard InChI is InChI=1S/C18H22FN3O3/c1-21-9-3-4-14(21)10-22(2)18(23)16-11-25-17(20-16)12-24-15-7-5-13(19)6-8-15/h5-8,11,14H,3-4,9-10,12H2,1-2H3. The number of hydrogen-bond acceptors (Lipinski definition) is 5. The molecule has 2 heterocycles. The fourth-order valence-electron chi connectivity index (χ4n) is 2.96. The molecule has 1 saturated heterocycles. The van der Waals surface area contributed by atoms with Gasteiger partial charge in [-0.2, -0.15) is 0 Å². The van der Waals surface area contributed by atoms with E-state index in [4.69, 9.17) is 9.15 Å². The summed E-state index contributed by atoms with van der Waals surface area (Å²) in [5.41, 5.74) is 0.265. The number of aromatic nitrogens is 1. The largest absolute Gasteiger partial charge is 0.484 e. The summed E-state index contributed by atoms with van der Waals surface area (Å²) in [6.45, 7) is 1.82. The third-order valence-electron chi connectivity index (χ3n) is 4.45. The van der Waals surface area contributed by atoms with E-state index in [1.165, 1.54) is 30.5 Å². The Bertz CT molecular complexity index is 717. The molecule has 0 N–H and O–H groups in total. The van der Waals surface area contributed by atoms with Gasteiger partial charge >= 0.3 is 0 Å². The second-order valence-electron chi connectivity index (χ2n) is 6.33. The van der Waals surface area contributed by atoms with E-state index in [0.717, 1.165) is 19.4 Å². The van der Waals surface area contributed by atoms with Crippen molar-refractivity contribution in [3.05, 3.63) is 47.9 Å². The molecule has 25 heavy (non-hydrogen) atoms. The van der Waals surface area contributed by atoms with Gasteiger partial charge in [0.25, 0.3) is 5.91 Å². The van der Waals surface area contributed by atoms with Crippen LogP contribution in [0.3, 0.4) is 0 Å². The van der Waals surface area contributed by atoms with Crippen LogP contribution in [0.2, 0.25) is 0 Å². The first-order chi connectivity index (χ1) is 12.0. The van der Waals surface area contributed by atoms with Gasteiger partial charge in [-0.25, -0.2) is 9.37 Å². The number of carbonyl (C=O) groups excluding carboxylic acids is 1. The van der Waals surface area contributed by atoms with E-state index in [1.54, 1.807) is 11.9 Å². The molecule has 6 nitrogen and oxygen atoms in total. The van der Waals surface area contributed by atoms with Crippen LogP contribution < -0.4 is 4.74 Å². The molecule has 1 aromatic heterocycles. The summed E-state index contributed by atoms with van der Waals surface area (Å²) in [7, 11) is 3.86. The number of hydrogen-bond donors (Lipinski definition) is 0. The Morgan fingerprint density at radius 3 is 2.88 bits per heavy atom. The van der Waals surface area contributed by atoms with Gasteiger partial charge in [0.05, 0.1) is 0 Å². The predicted octanol–water partition coefficient (Wildman–Crippen LogP) is 2.56. The molecule has 2 aromatic rings. The maximum absolute atomic E-state index is 12.9. The number of ether oxygens (including phenoxy) is 1. The number of carbonyl (C=O) groups is 1. The van der Waals surface area contributed by atoms with E-state index in [1.807, 2.05) is 0 Å². The van der Waals surface area contributed by atoms with Crippen LogP contribution in [0.5, 0.6) is 5.75 Å². The molecule has 1 aliphatic heterocycles. The first kappa shape index (κ1) is 17.4. The second-order valence-corrected chi connectivity index (χ2v) is 6.33. The monoisotopic (exact) mass is 347 g/mol. The van der Waals surface area contributed by atoms with Crippen molar-refractivity contribution < 1.29 is 18.3 Å². The number of halogens is 1. The Morgan fingerprint density at radius 1 is 1.44 bits per heavy atom. The number of nitrogens with zero attached hydrogens (tertiary/aromatic N) is 3. The van der Waals surface area contributed by atoms with Crippen LogP contribution in [-0.2, 0) is 6.61 Å². The molecule has 1 amide bonds. The third kappa shape index (κ3) is 4.36. The smallest absolute Gasteiger partial charge is 0.275 e. The number of likely N-dealkylation sites (N-methyl/N-ethyl adjacent to an activating group) is 2. The molecule has 1 fully saturated rings. The van der Waals surface area contributed by atoms with Crippen molar-refractivity contribution in [1.82, 2.24) is 14.8 Å². The Labute approximate surface area is 146 Å². The minimum Gasteiger partial charge on any atom is -0.484 e. The second kappa shape index (κ2) is 7.65. The average molecular weight is 347 g/mol. The molecule has 1 aromatic carbocycles. The van der Waals surface area contributed by atoms with Gasteiger partial charge in [-0.15, -0.1) is 0 Å². The van der Waals surface area contributed by atoms with E-state index < -0.39 is 0 Å².